The van der Waals surface area contributed by atoms with E-state index in [1.54, 1.807) is 18.2 Å². The zero-order valence-electron chi connectivity index (χ0n) is 23.7. The molecule has 0 aliphatic carbocycles. The predicted octanol–water partition coefficient (Wildman–Crippen LogP) is 9.14. The van der Waals surface area contributed by atoms with Crippen molar-refractivity contribution in [3.63, 3.8) is 0 Å². The van der Waals surface area contributed by atoms with E-state index in [1.165, 1.54) is 55.0 Å². The summed E-state index contributed by atoms with van der Waals surface area (Å²) in [5.74, 6) is -0.558. The second-order valence-electron chi connectivity index (χ2n) is 10.7. The minimum Gasteiger partial charge on any atom is -0.506 e. The highest BCUT2D eigenvalue weighted by molar-refractivity contribution is 7.89. The summed E-state index contributed by atoms with van der Waals surface area (Å²) in [6.07, 6.45) is 13.1. The largest absolute Gasteiger partial charge is 0.506 e. The van der Waals surface area contributed by atoms with Crippen molar-refractivity contribution in [3.8, 4) is 5.75 Å². The molecule has 1 unspecified atom stereocenters. The number of hydrogen-bond donors (Lipinski definition) is 3. The lowest BCUT2D eigenvalue weighted by molar-refractivity contribution is -0.120. The summed E-state index contributed by atoms with van der Waals surface area (Å²) in [6.45, 7) is 2.54. The number of halogens is 3. The normalized spacial score (nSPS) is 16.0. The van der Waals surface area contributed by atoms with Crippen LogP contribution in [0.5, 0.6) is 5.75 Å². The number of aromatic hydroxyl groups is 1. The summed E-state index contributed by atoms with van der Waals surface area (Å²) in [7, 11) is -3.58. The minimum atomic E-state index is -3.58. The van der Waals surface area contributed by atoms with Gasteiger partial charge in [0, 0.05) is 18.3 Å². The van der Waals surface area contributed by atoms with E-state index in [-0.39, 0.29) is 22.2 Å². The summed E-state index contributed by atoms with van der Waals surface area (Å²) in [5.41, 5.74) is 1.10. The lowest BCUT2D eigenvalue weighted by Gasteiger charge is -2.33. The van der Waals surface area contributed by atoms with Gasteiger partial charge in [0.15, 0.2) is 0 Å². The maximum atomic E-state index is 13.3. The Morgan fingerprint density at radius 3 is 2.20 bits per heavy atom. The fraction of sp³-hybridized carbons (Fsp3) is 0.567. The van der Waals surface area contributed by atoms with Crippen molar-refractivity contribution in [2.75, 3.05) is 22.9 Å². The SMILES string of the molecule is CCCCCCCCCCCCS(=O)(=O)N1CCCCC1C(=O)Nc1cc(O)c(Nc2ccc(Cl)c(Cl)c2)cc1Cl. The number of rotatable bonds is 16. The van der Waals surface area contributed by atoms with E-state index < -0.39 is 22.0 Å². The van der Waals surface area contributed by atoms with Crippen LogP contribution in [0.4, 0.5) is 17.1 Å². The number of anilines is 3. The molecular formula is C30H42Cl3N3O4S. The van der Waals surface area contributed by atoms with Crippen molar-refractivity contribution < 1.29 is 18.3 Å². The van der Waals surface area contributed by atoms with Gasteiger partial charge in [-0.1, -0.05) is 106 Å². The molecule has 2 aromatic rings. The highest BCUT2D eigenvalue weighted by Gasteiger charge is 2.36. The lowest BCUT2D eigenvalue weighted by Crippen LogP contribution is -2.50. The van der Waals surface area contributed by atoms with Crippen LogP contribution in [-0.4, -0.2) is 42.1 Å². The van der Waals surface area contributed by atoms with E-state index in [1.807, 2.05) is 0 Å². The Morgan fingerprint density at radius 1 is 0.878 bits per heavy atom. The number of sulfonamides is 1. The summed E-state index contributed by atoms with van der Waals surface area (Å²) in [6, 6.07) is 6.94. The molecule has 0 bridgehead atoms. The highest BCUT2D eigenvalue weighted by Crippen LogP contribution is 2.37. The van der Waals surface area contributed by atoms with E-state index in [0.29, 0.717) is 40.8 Å². The Kier molecular flexibility index (Phi) is 13.8. The number of amides is 1. The van der Waals surface area contributed by atoms with Crippen LogP contribution in [0, 0.1) is 0 Å². The Labute approximate surface area is 260 Å². The van der Waals surface area contributed by atoms with Gasteiger partial charge in [0.05, 0.1) is 32.2 Å². The standard InChI is InChI=1S/C30H42Cl3N3O4S/c1-2-3-4-5-6-7-8-9-10-13-18-41(39,40)36-17-12-11-14-28(36)30(38)35-26-21-29(37)27(20-25(26)33)34-22-15-16-23(31)24(32)19-22/h15-16,19-21,28,34,37H,2-14,17-18H2,1H3,(H,35,38). The molecule has 7 nitrogen and oxygen atoms in total. The molecule has 1 heterocycles. The van der Waals surface area contributed by atoms with Crippen molar-refractivity contribution >= 4 is 67.8 Å². The fourth-order valence-electron chi connectivity index (χ4n) is 5.09. The number of carbonyl (C=O) groups is 1. The summed E-state index contributed by atoms with van der Waals surface area (Å²) < 4.78 is 27.8. The Hall–Kier alpha value is -1.71. The topological polar surface area (TPSA) is 98.7 Å². The number of carbonyl (C=O) groups excluding carboxylic acids is 1. The number of piperidine rings is 1. The zero-order valence-corrected chi connectivity index (χ0v) is 26.8. The van der Waals surface area contributed by atoms with Crippen LogP contribution in [0.3, 0.4) is 0 Å². The average molecular weight is 647 g/mol. The molecule has 11 heteroatoms. The maximum absolute atomic E-state index is 13.3. The van der Waals surface area contributed by atoms with Crippen LogP contribution in [0.1, 0.15) is 90.4 Å². The highest BCUT2D eigenvalue weighted by atomic mass is 35.5. The monoisotopic (exact) mass is 645 g/mol. The molecule has 1 aliphatic rings. The molecule has 1 amide bonds. The van der Waals surface area contributed by atoms with E-state index in [9.17, 15) is 18.3 Å². The first-order valence-electron chi connectivity index (χ1n) is 14.7. The molecule has 228 valence electrons. The van der Waals surface area contributed by atoms with Crippen LogP contribution < -0.4 is 10.6 Å². The van der Waals surface area contributed by atoms with Crippen molar-refractivity contribution in [3.05, 3.63) is 45.4 Å². The van der Waals surface area contributed by atoms with Crippen LogP contribution in [-0.2, 0) is 14.8 Å². The number of nitrogens with zero attached hydrogens (tertiary/aromatic N) is 1. The van der Waals surface area contributed by atoms with Gasteiger partial charge in [-0.3, -0.25) is 4.79 Å². The second kappa shape index (κ2) is 16.8. The van der Waals surface area contributed by atoms with Crippen LogP contribution in [0.15, 0.2) is 30.3 Å². The van der Waals surface area contributed by atoms with Gasteiger partial charge in [0.2, 0.25) is 15.9 Å². The number of hydrogen-bond acceptors (Lipinski definition) is 5. The predicted molar refractivity (Wildman–Crippen MR) is 171 cm³/mol. The first-order chi connectivity index (χ1) is 19.6. The molecule has 1 fully saturated rings. The van der Waals surface area contributed by atoms with Gasteiger partial charge in [0.25, 0.3) is 0 Å². The van der Waals surface area contributed by atoms with Crippen LogP contribution in [0.2, 0.25) is 15.1 Å². The summed E-state index contributed by atoms with van der Waals surface area (Å²) in [4.78, 5) is 13.3. The Bertz CT molecular complexity index is 1260. The molecule has 0 aromatic heterocycles. The smallest absolute Gasteiger partial charge is 0.242 e. The molecule has 41 heavy (non-hydrogen) atoms. The van der Waals surface area contributed by atoms with E-state index >= 15 is 0 Å². The van der Waals surface area contributed by atoms with Crippen molar-refractivity contribution in [2.45, 2.75) is 96.4 Å². The van der Waals surface area contributed by atoms with Gasteiger partial charge in [-0.05, 0) is 43.5 Å². The first-order valence-corrected chi connectivity index (χ1v) is 17.4. The summed E-state index contributed by atoms with van der Waals surface area (Å²) >= 11 is 18.5. The van der Waals surface area contributed by atoms with Gasteiger partial charge in [-0.15, -0.1) is 0 Å². The van der Waals surface area contributed by atoms with Crippen molar-refractivity contribution in [1.29, 1.82) is 0 Å². The van der Waals surface area contributed by atoms with Gasteiger partial charge in [0.1, 0.15) is 11.8 Å². The van der Waals surface area contributed by atoms with E-state index in [0.717, 1.165) is 32.1 Å². The van der Waals surface area contributed by atoms with Gasteiger partial charge in [-0.25, -0.2) is 8.42 Å². The van der Waals surface area contributed by atoms with Gasteiger partial charge in [-0.2, -0.15) is 4.31 Å². The lowest BCUT2D eigenvalue weighted by atomic mass is 10.0. The number of nitrogens with one attached hydrogen (secondary N) is 2. The average Bonchev–Trinajstić information content (AvgIpc) is 2.94. The van der Waals surface area contributed by atoms with Crippen LogP contribution >= 0.6 is 34.8 Å². The first kappa shape index (κ1) is 33.8. The molecule has 1 saturated heterocycles. The molecule has 3 N–H and O–H groups in total. The summed E-state index contributed by atoms with van der Waals surface area (Å²) in [5, 5.41) is 17.3. The third kappa shape index (κ3) is 10.5. The molecule has 0 saturated carbocycles. The molecule has 1 atom stereocenters. The number of phenols is 1. The fourth-order valence-corrected chi connectivity index (χ4v) is 7.40. The van der Waals surface area contributed by atoms with E-state index in [4.69, 9.17) is 34.8 Å². The van der Waals surface area contributed by atoms with Gasteiger partial charge >= 0.3 is 0 Å². The van der Waals surface area contributed by atoms with E-state index in [2.05, 4.69) is 17.6 Å². The van der Waals surface area contributed by atoms with Crippen molar-refractivity contribution in [1.82, 2.24) is 4.31 Å². The molecule has 0 radical (unpaired) electrons. The minimum absolute atomic E-state index is 0.0455. The maximum Gasteiger partial charge on any atom is 0.242 e. The molecular weight excluding hydrogens is 605 g/mol. The molecule has 2 aromatic carbocycles. The number of phenolic OH excluding ortho intramolecular Hbond substituents is 1. The number of benzene rings is 2. The Morgan fingerprint density at radius 2 is 1.54 bits per heavy atom. The van der Waals surface area contributed by atoms with Gasteiger partial charge < -0.3 is 15.7 Å². The molecule has 1 aliphatic heterocycles. The molecule has 0 spiro atoms. The third-order valence-corrected chi connectivity index (χ3v) is 10.4. The zero-order chi connectivity index (χ0) is 29.8. The quantitative estimate of drug-likeness (QED) is 0.125. The van der Waals surface area contributed by atoms with Crippen LogP contribution in [0.25, 0.3) is 0 Å². The third-order valence-electron chi connectivity index (χ3n) is 7.41. The van der Waals surface area contributed by atoms with Crippen molar-refractivity contribution in [2.24, 2.45) is 0 Å². The Balaban J connectivity index is 1.55. The second-order valence-corrected chi connectivity index (χ2v) is 14.0. The number of unbranched alkanes of at least 4 members (excludes halogenated alkanes) is 9. The molecule has 3 rings (SSSR count).